The van der Waals surface area contributed by atoms with Crippen LogP contribution in [0.1, 0.15) is 5.56 Å². The van der Waals surface area contributed by atoms with Gasteiger partial charge >= 0.3 is 0 Å². The number of aromatic hydroxyl groups is 1. The monoisotopic (exact) mass is 496 g/mol. The van der Waals surface area contributed by atoms with E-state index in [1.54, 1.807) is 30.3 Å². The van der Waals surface area contributed by atoms with Gasteiger partial charge in [-0.05, 0) is 75.7 Å². The Morgan fingerprint density at radius 1 is 1.31 bits per heavy atom. The number of nitrogens with zero attached hydrogens (tertiary/aromatic N) is 1. The van der Waals surface area contributed by atoms with E-state index in [0.29, 0.717) is 20.7 Å². The molecule has 0 aromatic heterocycles. The Bertz CT molecular complexity index is 1030. The van der Waals surface area contributed by atoms with Crippen molar-refractivity contribution in [2.45, 2.75) is 0 Å². The highest BCUT2D eigenvalue weighted by atomic mass is 79.9. The van der Waals surface area contributed by atoms with Gasteiger partial charge in [0.15, 0.2) is 11.5 Å². The van der Waals surface area contributed by atoms with Gasteiger partial charge in [-0.1, -0.05) is 11.6 Å². The highest BCUT2D eigenvalue weighted by Gasteiger charge is 2.36. The van der Waals surface area contributed by atoms with E-state index >= 15 is 0 Å². The molecule has 2 aromatic carbocycles. The van der Waals surface area contributed by atoms with Gasteiger partial charge in [0.05, 0.1) is 16.5 Å². The summed E-state index contributed by atoms with van der Waals surface area (Å²) < 4.78 is 5.46. The van der Waals surface area contributed by atoms with Crippen molar-refractivity contribution >= 4 is 68.1 Å². The van der Waals surface area contributed by atoms with E-state index in [2.05, 4.69) is 21.2 Å². The Balaban J connectivity index is 1.74. The molecule has 0 bridgehead atoms. The lowest BCUT2D eigenvalue weighted by molar-refractivity contribution is -0.127. The number of hydrogen-bond acceptors (Lipinski definition) is 6. The fourth-order valence-corrected chi connectivity index (χ4v) is 3.92. The van der Waals surface area contributed by atoms with Crippen molar-refractivity contribution in [3.63, 3.8) is 0 Å². The van der Waals surface area contributed by atoms with Crippen molar-refractivity contribution in [1.29, 1.82) is 0 Å². The van der Waals surface area contributed by atoms with Gasteiger partial charge in [0, 0.05) is 10.7 Å². The molecule has 0 saturated carbocycles. The number of carbonyl (C=O) groups excluding carboxylic acids is 3. The number of thioether (sulfide) groups is 1. The average Bonchev–Trinajstić information content (AvgIpc) is 2.93. The largest absolute Gasteiger partial charge is 0.503 e. The van der Waals surface area contributed by atoms with E-state index in [4.69, 9.17) is 16.3 Å². The fraction of sp³-hybridized carbons (Fsp3) is 0.105. The quantitative estimate of drug-likeness (QED) is 0.591. The molecule has 0 spiro atoms. The third-order valence-electron chi connectivity index (χ3n) is 3.87. The molecule has 2 aromatic rings. The molecular weight excluding hydrogens is 484 g/mol. The van der Waals surface area contributed by atoms with Crippen LogP contribution in [0.15, 0.2) is 45.8 Å². The fourth-order valence-electron chi connectivity index (χ4n) is 2.50. The van der Waals surface area contributed by atoms with E-state index < -0.39 is 23.6 Å². The molecule has 3 rings (SSSR count). The zero-order valence-electron chi connectivity index (χ0n) is 14.9. The number of imide groups is 1. The van der Waals surface area contributed by atoms with Crippen LogP contribution in [0.25, 0.3) is 6.08 Å². The molecule has 7 nitrogen and oxygen atoms in total. The number of hydrogen-bond donors (Lipinski definition) is 2. The second-order valence-corrected chi connectivity index (χ2v) is 8.16. The predicted molar refractivity (Wildman–Crippen MR) is 115 cm³/mol. The standard InChI is InChI=1S/C19H14BrClN2O5S/c1-28-14-7-10(6-13(20)17(14)25)8-15-18(26)23(19(27)29-15)9-16(24)22-12-4-2-11(21)3-5-12/h2-8,25H,9H2,1H3,(H,22,24)/b15-8+. The Morgan fingerprint density at radius 3 is 2.66 bits per heavy atom. The van der Waals surface area contributed by atoms with Crippen molar-refractivity contribution < 1.29 is 24.2 Å². The van der Waals surface area contributed by atoms with Gasteiger partial charge in [0.25, 0.3) is 11.1 Å². The van der Waals surface area contributed by atoms with Crippen LogP contribution >= 0.6 is 39.3 Å². The molecule has 1 fully saturated rings. The third-order valence-corrected chi connectivity index (χ3v) is 5.64. The van der Waals surface area contributed by atoms with E-state index in [1.807, 2.05) is 0 Å². The number of nitrogens with one attached hydrogen (secondary N) is 1. The lowest BCUT2D eigenvalue weighted by Crippen LogP contribution is -2.36. The van der Waals surface area contributed by atoms with Gasteiger partial charge in [0.1, 0.15) is 6.54 Å². The molecule has 0 aliphatic carbocycles. The van der Waals surface area contributed by atoms with E-state index in [9.17, 15) is 19.5 Å². The molecule has 1 heterocycles. The number of anilines is 1. The maximum absolute atomic E-state index is 12.6. The summed E-state index contributed by atoms with van der Waals surface area (Å²) >= 11 is 9.74. The summed E-state index contributed by atoms with van der Waals surface area (Å²) in [4.78, 5) is 38.0. The Morgan fingerprint density at radius 2 is 2.00 bits per heavy atom. The van der Waals surface area contributed by atoms with Crippen LogP contribution in [0.4, 0.5) is 10.5 Å². The highest BCUT2D eigenvalue weighted by molar-refractivity contribution is 9.10. The van der Waals surface area contributed by atoms with Crippen molar-refractivity contribution in [3.05, 3.63) is 56.4 Å². The number of methoxy groups -OCH3 is 1. The number of amides is 3. The average molecular weight is 498 g/mol. The van der Waals surface area contributed by atoms with Crippen LogP contribution < -0.4 is 10.1 Å². The highest BCUT2D eigenvalue weighted by Crippen LogP contribution is 2.38. The zero-order valence-corrected chi connectivity index (χ0v) is 18.1. The van der Waals surface area contributed by atoms with E-state index in [0.717, 1.165) is 16.7 Å². The summed E-state index contributed by atoms with van der Waals surface area (Å²) in [5, 5.41) is 12.5. The Labute approximate surface area is 183 Å². The van der Waals surface area contributed by atoms with Crippen molar-refractivity contribution in [1.82, 2.24) is 4.90 Å². The number of phenols is 1. The van der Waals surface area contributed by atoms with Gasteiger partial charge in [-0.15, -0.1) is 0 Å². The van der Waals surface area contributed by atoms with Crippen LogP contribution in [0.2, 0.25) is 5.02 Å². The molecule has 0 radical (unpaired) electrons. The molecule has 2 N–H and O–H groups in total. The first-order valence-corrected chi connectivity index (χ1v) is 10.1. The summed E-state index contributed by atoms with van der Waals surface area (Å²) in [6, 6.07) is 9.57. The lowest BCUT2D eigenvalue weighted by atomic mass is 10.2. The molecule has 3 amide bonds. The normalized spacial score (nSPS) is 15.1. The van der Waals surface area contributed by atoms with Gasteiger partial charge in [-0.3, -0.25) is 19.3 Å². The van der Waals surface area contributed by atoms with Crippen LogP contribution in [0.5, 0.6) is 11.5 Å². The van der Waals surface area contributed by atoms with Crippen molar-refractivity contribution in [2.24, 2.45) is 0 Å². The summed E-state index contributed by atoms with van der Waals surface area (Å²) in [7, 11) is 1.40. The smallest absolute Gasteiger partial charge is 0.294 e. The molecule has 10 heteroatoms. The molecule has 1 saturated heterocycles. The van der Waals surface area contributed by atoms with Crippen LogP contribution in [-0.4, -0.2) is 40.7 Å². The summed E-state index contributed by atoms with van der Waals surface area (Å²) in [5.41, 5.74) is 1.05. The first kappa shape index (κ1) is 21.2. The van der Waals surface area contributed by atoms with Gasteiger partial charge in [0.2, 0.25) is 5.91 Å². The first-order chi connectivity index (χ1) is 13.8. The van der Waals surface area contributed by atoms with Crippen LogP contribution in [0, 0.1) is 0 Å². The molecule has 1 aliphatic rings. The first-order valence-electron chi connectivity index (χ1n) is 8.15. The second kappa shape index (κ2) is 8.89. The maximum Gasteiger partial charge on any atom is 0.294 e. The number of halogens is 2. The van der Waals surface area contributed by atoms with E-state index in [-0.39, 0.29) is 16.4 Å². The minimum atomic E-state index is -0.575. The second-order valence-electron chi connectivity index (χ2n) is 5.88. The number of phenolic OH excluding ortho intramolecular Hbond substituents is 1. The van der Waals surface area contributed by atoms with Crippen LogP contribution in [0.3, 0.4) is 0 Å². The number of carbonyl (C=O) groups is 3. The Kier molecular flexibility index (Phi) is 6.51. The van der Waals surface area contributed by atoms with Gasteiger partial charge < -0.3 is 15.2 Å². The van der Waals surface area contributed by atoms with Gasteiger partial charge in [-0.25, -0.2) is 0 Å². The molecule has 0 unspecified atom stereocenters. The van der Waals surface area contributed by atoms with E-state index in [1.165, 1.54) is 19.3 Å². The summed E-state index contributed by atoms with van der Waals surface area (Å²) in [5.74, 6) is -0.942. The third kappa shape index (κ3) is 4.92. The summed E-state index contributed by atoms with van der Waals surface area (Å²) in [6.07, 6.45) is 1.49. The molecule has 29 heavy (non-hydrogen) atoms. The van der Waals surface area contributed by atoms with Crippen LogP contribution in [-0.2, 0) is 9.59 Å². The Hall–Kier alpha value is -2.49. The molecular formula is C19H14BrClN2O5S. The van der Waals surface area contributed by atoms with Crippen molar-refractivity contribution in [3.8, 4) is 11.5 Å². The number of rotatable bonds is 5. The number of ether oxygens (including phenoxy) is 1. The number of benzene rings is 2. The zero-order chi connectivity index (χ0) is 21.1. The van der Waals surface area contributed by atoms with Gasteiger partial charge in [-0.2, -0.15) is 0 Å². The topological polar surface area (TPSA) is 95.9 Å². The minimum absolute atomic E-state index is 0.0726. The predicted octanol–water partition coefficient (Wildman–Crippen LogP) is 4.49. The molecule has 0 atom stereocenters. The molecule has 1 aliphatic heterocycles. The SMILES string of the molecule is COc1cc(/C=C2/SC(=O)N(CC(=O)Nc3ccc(Cl)cc3)C2=O)cc(Br)c1O. The lowest BCUT2D eigenvalue weighted by Gasteiger charge is -2.12. The molecule has 150 valence electrons. The van der Waals surface area contributed by atoms with Crippen molar-refractivity contribution in [2.75, 3.05) is 19.0 Å². The summed E-state index contributed by atoms with van der Waals surface area (Å²) in [6.45, 7) is -0.409. The maximum atomic E-state index is 12.6. The minimum Gasteiger partial charge on any atom is -0.503 e.